The Morgan fingerprint density at radius 1 is 1.46 bits per heavy atom. The second kappa shape index (κ2) is 5.35. The Bertz CT molecular complexity index is 223. The van der Waals surface area contributed by atoms with Crippen molar-refractivity contribution in [3.05, 3.63) is 12.2 Å². The summed E-state index contributed by atoms with van der Waals surface area (Å²) in [5.41, 5.74) is 0.848. The van der Waals surface area contributed by atoms with Crippen LogP contribution >= 0.6 is 0 Å². The van der Waals surface area contributed by atoms with Crippen molar-refractivity contribution in [1.82, 2.24) is 4.90 Å². The largest absolute Gasteiger partial charge is 0.481 e. The summed E-state index contributed by atoms with van der Waals surface area (Å²) >= 11 is 0. The van der Waals surface area contributed by atoms with Crippen LogP contribution < -0.4 is 0 Å². The number of hydrogen-bond acceptors (Lipinski definition) is 2. The highest BCUT2D eigenvalue weighted by Gasteiger charge is 2.14. The Morgan fingerprint density at radius 2 is 2.00 bits per heavy atom. The number of amides is 1. The summed E-state index contributed by atoms with van der Waals surface area (Å²) < 4.78 is 0. The zero-order valence-electron chi connectivity index (χ0n) is 8.04. The van der Waals surface area contributed by atoms with Crippen LogP contribution in [0.15, 0.2) is 12.2 Å². The van der Waals surface area contributed by atoms with Crippen LogP contribution in [0.5, 0.6) is 0 Å². The van der Waals surface area contributed by atoms with E-state index in [-0.39, 0.29) is 5.91 Å². The van der Waals surface area contributed by atoms with Gasteiger partial charge in [0.1, 0.15) is 6.42 Å². The van der Waals surface area contributed by atoms with E-state index in [2.05, 4.69) is 6.58 Å². The maximum atomic E-state index is 11.2. The van der Waals surface area contributed by atoms with Gasteiger partial charge in [0.05, 0.1) is 0 Å². The number of carbonyl (C=O) groups excluding carboxylic acids is 1. The number of hydrogen-bond donors (Lipinski definition) is 1. The molecule has 74 valence electrons. The molecule has 0 aromatic carbocycles. The van der Waals surface area contributed by atoms with Gasteiger partial charge in [-0.3, -0.25) is 9.59 Å². The summed E-state index contributed by atoms with van der Waals surface area (Å²) in [7, 11) is 0. The van der Waals surface area contributed by atoms with Crippen LogP contribution in [0.25, 0.3) is 0 Å². The number of carbonyl (C=O) groups is 2. The molecule has 13 heavy (non-hydrogen) atoms. The van der Waals surface area contributed by atoms with Crippen LogP contribution in [0, 0.1) is 0 Å². The molecule has 0 spiro atoms. The first-order valence-electron chi connectivity index (χ1n) is 4.11. The van der Waals surface area contributed by atoms with Gasteiger partial charge in [-0.1, -0.05) is 12.2 Å². The fraction of sp³-hybridized carbons (Fsp3) is 0.556. The molecular weight excluding hydrogens is 170 g/mol. The lowest BCUT2D eigenvalue weighted by molar-refractivity contribution is -0.144. The minimum Gasteiger partial charge on any atom is -0.481 e. The molecule has 0 fully saturated rings. The maximum Gasteiger partial charge on any atom is 0.312 e. The van der Waals surface area contributed by atoms with Crippen molar-refractivity contribution >= 4 is 11.9 Å². The fourth-order valence-corrected chi connectivity index (χ4v) is 0.943. The van der Waals surface area contributed by atoms with E-state index < -0.39 is 12.4 Å². The van der Waals surface area contributed by atoms with Gasteiger partial charge in [-0.2, -0.15) is 0 Å². The minimum atomic E-state index is -1.09. The van der Waals surface area contributed by atoms with Crippen LogP contribution in [-0.4, -0.2) is 35.0 Å². The summed E-state index contributed by atoms with van der Waals surface area (Å²) in [6.45, 7) is 8.22. The van der Waals surface area contributed by atoms with Gasteiger partial charge < -0.3 is 10.0 Å². The van der Waals surface area contributed by atoms with E-state index in [1.807, 2.05) is 6.92 Å². The van der Waals surface area contributed by atoms with Crippen LogP contribution in [0.4, 0.5) is 0 Å². The summed E-state index contributed by atoms with van der Waals surface area (Å²) in [4.78, 5) is 22.9. The monoisotopic (exact) mass is 185 g/mol. The minimum absolute atomic E-state index is 0.363. The van der Waals surface area contributed by atoms with Gasteiger partial charge in [0.2, 0.25) is 5.91 Å². The predicted octanol–water partition coefficient (Wildman–Crippen LogP) is 0.886. The lowest BCUT2D eigenvalue weighted by Crippen LogP contribution is -2.33. The molecule has 1 N–H and O–H groups in total. The van der Waals surface area contributed by atoms with Gasteiger partial charge in [0, 0.05) is 13.1 Å². The average molecular weight is 185 g/mol. The van der Waals surface area contributed by atoms with Crippen molar-refractivity contribution in [3.8, 4) is 0 Å². The van der Waals surface area contributed by atoms with Gasteiger partial charge >= 0.3 is 5.97 Å². The number of likely N-dealkylation sites (N-methyl/N-ethyl adjacent to an activating group) is 1. The second-order valence-electron chi connectivity index (χ2n) is 2.94. The third kappa shape index (κ3) is 5.00. The Morgan fingerprint density at radius 3 is 2.31 bits per heavy atom. The van der Waals surface area contributed by atoms with Crippen molar-refractivity contribution in [1.29, 1.82) is 0 Å². The molecule has 0 saturated carbocycles. The molecule has 0 heterocycles. The number of carboxylic acids is 1. The second-order valence-corrected chi connectivity index (χ2v) is 2.94. The maximum absolute atomic E-state index is 11.2. The molecule has 4 heteroatoms. The smallest absolute Gasteiger partial charge is 0.312 e. The van der Waals surface area contributed by atoms with Crippen LogP contribution in [0.3, 0.4) is 0 Å². The SMILES string of the molecule is C=C(C)CN(CC)C(=O)CC(=O)O. The van der Waals surface area contributed by atoms with Crippen LogP contribution in [0.1, 0.15) is 20.3 Å². The summed E-state index contributed by atoms with van der Waals surface area (Å²) in [6.07, 6.45) is -0.443. The van der Waals surface area contributed by atoms with Gasteiger partial charge in [-0.15, -0.1) is 0 Å². The van der Waals surface area contributed by atoms with Gasteiger partial charge in [0.25, 0.3) is 0 Å². The summed E-state index contributed by atoms with van der Waals surface area (Å²) in [5, 5.41) is 8.39. The molecule has 0 radical (unpaired) electrons. The highest BCUT2D eigenvalue weighted by molar-refractivity contribution is 5.93. The predicted molar refractivity (Wildman–Crippen MR) is 49.3 cm³/mol. The Kier molecular flexibility index (Phi) is 4.80. The van der Waals surface area contributed by atoms with Crippen molar-refractivity contribution < 1.29 is 14.7 Å². The van der Waals surface area contributed by atoms with E-state index in [0.717, 1.165) is 5.57 Å². The van der Waals surface area contributed by atoms with E-state index >= 15 is 0 Å². The molecule has 4 nitrogen and oxygen atoms in total. The van der Waals surface area contributed by atoms with E-state index in [0.29, 0.717) is 13.1 Å². The summed E-state index contributed by atoms with van der Waals surface area (Å²) in [6, 6.07) is 0. The lowest BCUT2D eigenvalue weighted by atomic mass is 10.3. The molecular formula is C9H15NO3. The van der Waals surface area contributed by atoms with E-state index in [1.165, 1.54) is 4.90 Å². The quantitative estimate of drug-likeness (QED) is 0.511. The first kappa shape index (κ1) is 11.7. The van der Waals surface area contributed by atoms with Crippen molar-refractivity contribution in [2.24, 2.45) is 0 Å². The third-order valence-electron chi connectivity index (χ3n) is 1.50. The molecule has 0 aromatic rings. The zero-order valence-corrected chi connectivity index (χ0v) is 8.04. The van der Waals surface area contributed by atoms with E-state index in [4.69, 9.17) is 5.11 Å². The van der Waals surface area contributed by atoms with Gasteiger partial charge in [0.15, 0.2) is 0 Å². The van der Waals surface area contributed by atoms with Gasteiger partial charge in [-0.25, -0.2) is 0 Å². The topological polar surface area (TPSA) is 57.6 Å². The molecule has 0 rings (SSSR count). The zero-order chi connectivity index (χ0) is 10.4. The molecule has 0 aliphatic heterocycles. The first-order valence-corrected chi connectivity index (χ1v) is 4.11. The third-order valence-corrected chi connectivity index (χ3v) is 1.50. The normalized spacial score (nSPS) is 9.38. The lowest BCUT2D eigenvalue weighted by Gasteiger charge is -2.19. The molecule has 0 atom stereocenters. The number of carboxylic acid groups (broad SMARTS) is 1. The fourth-order valence-electron chi connectivity index (χ4n) is 0.943. The molecule has 1 amide bonds. The van der Waals surface area contributed by atoms with Crippen molar-refractivity contribution in [3.63, 3.8) is 0 Å². The Balaban J connectivity index is 4.15. The Labute approximate surface area is 77.8 Å². The number of nitrogens with zero attached hydrogens (tertiary/aromatic N) is 1. The molecule has 0 bridgehead atoms. The number of rotatable bonds is 5. The molecule has 0 aliphatic carbocycles. The van der Waals surface area contributed by atoms with E-state index in [1.54, 1.807) is 6.92 Å². The van der Waals surface area contributed by atoms with Crippen molar-refractivity contribution in [2.45, 2.75) is 20.3 Å². The first-order chi connectivity index (χ1) is 5.97. The molecule has 0 aliphatic rings. The van der Waals surface area contributed by atoms with E-state index in [9.17, 15) is 9.59 Å². The standard InChI is InChI=1S/C9H15NO3/c1-4-10(6-7(2)3)8(11)5-9(12)13/h2,4-6H2,1,3H3,(H,12,13). The highest BCUT2D eigenvalue weighted by Crippen LogP contribution is 1.99. The van der Waals surface area contributed by atoms with Crippen LogP contribution in [0.2, 0.25) is 0 Å². The van der Waals surface area contributed by atoms with Crippen LogP contribution in [-0.2, 0) is 9.59 Å². The average Bonchev–Trinajstić information content (AvgIpc) is 1.98. The molecule has 0 aromatic heterocycles. The summed E-state index contributed by atoms with van der Waals surface area (Å²) in [5.74, 6) is -1.46. The molecule has 0 saturated heterocycles. The van der Waals surface area contributed by atoms with Crippen molar-refractivity contribution in [2.75, 3.05) is 13.1 Å². The Hall–Kier alpha value is -1.32. The number of aliphatic carboxylic acids is 1. The highest BCUT2D eigenvalue weighted by atomic mass is 16.4. The van der Waals surface area contributed by atoms with Gasteiger partial charge in [-0.05, 0) is 13.8 Å². The molecule has 0 unspecified atom stereocenters.